The van der Waals surface area contributed by atoms with Crippen molar-refractivity contribution in [3.63, 3.8) is 0 Å². The number of carbonyl (C=O) groups is 2. The van der Waals surface area contributed by atoms with E-state index in [2.05, 4.69) is 5.32 Å². The Bertz CT molecular complexity index is 857. The number of hydrogen-bond acceptors (Lipinski definition) is 4. The van der Waals surface area contributed by atoms with E-state index < -0.39 is 11.4 Å². The van der Waals surface area contributed by atoms with E-state index in [1.807, 2.05) is 30.3 Å². The lowest BCUT2D eigenvalue weighted by Gasteiger charge is -2.28. The van der Waals surface area contributed by atoms with Crippen LogP contribution in [-0.2, 0) is 21.5 Å². The molecule has 1 saturated carbocycles. The topological polar surface area (TPSA) is 64.6 Å². The highest BCUT2D eigenvalue weighted by atomic mass is 35.5. The summed E-state index contributed by atoms with van der Waals surface area (Å²) in [6.45, 7) is 0.322. The molecule has 0 radical (unpaired) electrons. The van der Waals surface area contributed by atoms with Crippen LogP contribution in [-0.4, -0.2) is 26.1 Å². The van der Waals surface area contributed by atoms with Gasteiger partial charge in [-0.25, -0.2) is 4.79 Å². The van der Waals surface area contributed by atoms with Crippen LogP contribution in [0.4, 0.5) is 0 Å². The van der Waals surface area contributed by atoms with Crippen molar-refractivity contribution >= 4 is 23.5 Å². The van der Waals surface area contributed by atoms with E-state index >= 15 is 0 Å². The first-order valence-electron chi connectivity index (χ1n) is 9.30. The first kappa shape index (κ1) is 20.2. The molecule has 0 bridgehead atoms. The van der Waals surface area contributed by atoms with Gasteiger partial charge in [0.15, 0.2) is 0 Å². The van der Waals surface area contributed by atoms with Crippen molar-refractivity contribution in [1.82, 2.24) is 5.32 Å². The molecule has 148 valence electrons. The van der Waals surface area contributed by atoms with Crippen molar-refractivity contribution < 1.29 is 19.1 Å². The first-order chi connectivity index (χ1) is 13.5. The summed E-state index contributed by atoms with van der Waals surface area (Å²) >= 11 is 6.01. The van der Waals surface area contributed by atoms with Gasteiger partial charge in [0.05, 0.1) is 19.6 Å². The Morgan fingerprint density at radius 3 is 2.36 bits per heavy atom. The second-order valence-corrected chi connectivity index (χ2v) is 7.44. The van der Waals surface area contributed by atoms with Crippen LogP contribution in [0.15, 0.2) is 42.5 Å². The third-order valence-electron chi connectivity index (χ3n) is 5.41. The molecule has 0 aromatic heterocycles. The largest absolute Gasteiger partial charge is 0.496 e. The van der Waals surface area contributed by atoms with E-state index in [1.54, 1.807) is 12.1 Å². The molecule has 0 spiro atoms. The van der Waals surface area contributed by atoms with Crippen LogP contribution < -0.4 is 10.1 Å². The van der Waals surface area contributed by atoms with Crippen LogP contribution in [0.2, 0.25) is 5.02 Å². The van der Waals surface area contributed by atoms with Gasteiger partial charge in [0.1, 0.15) is 11.3 Å². The van der Waals surface area contributed by atoms with Gasteiger partial charge in [-0.1, -0.05) is 42.6 Å². The molecule has 1 amide bonds. The standard InChI is InChI=1S/C22H24ClNO4/c1-27-19-10-5-15(13-18(19)20(25)28-2)14-24-21(26)22(11-3-4-12-22)16-6-8-17(23)9-7-16/h5-10,13H,3-4,11-12,14H2,1-2H3,(H,24,26). The Morgan fingerprint density at radius 2 is 1.75 bits per heavy atom. The average Bonchev–Trinajstić information content (AvgIpc) is 3.23. The van der Waals surface area contributed by atoms with Crippen molar-refractivity contribution in [2.24, 2.45) is 0 Å². The van der Waals surface area contributed by atoms with Crippen LogP contribution in [0.1, 0.15) is 47.2 Å². The lowest BCUT2D eigenvalue weighted by Crippen LogP contribution is -2.42. The maximum absolute atomic E-state index is 13.2. The van der Waals surface area contributed by atoms with Crippen molar-refractivity contribution in [2.75, 3.05) is 14.2 Å². The first-order valence-corrected chi connectivity index (χ1v) is 9.67. The summed E-state index contributed by atoms with van der Waals surface area (Å²) in [4.78, 5) is 25.1. The Hall–Kier alpha value is -2.53. The SMILES string of the molecule is COC(=O)c1cc(CNC(=O)C2(c3ccc(Cl)cc3)CCCC2)ccc1OC. The molecule has 28 heavy (non-hydrogen) atoms. The number of amides is 1. The van der Waals surface area contributed by atoms with Crippen molar-refractivity contribution in [3.8, 4) is 5.75 Å². The molecule has 5 nitrogen and oxygen atoms in total. The fraction of sp³-hybridized carbons (Fsp3) is 0.364. The summed E-state index contributed by atoms with van der Waals surface area (Å²) in [5.74, 6) is -0.0310. The minimum absolute atomic E-state index is 0.00255. The maximum Gasteiger partial charge on any atom is 0.341 e. The predicted molar refractivity (Wildman–Crippen MR) is 108 cm³/mol. The number of nitrogens with one attached hydrogen (secondary N) is 1. The van der Waals surface area contributed by atoms with Gasteiger partial charge in [0.25, 0.3) is 0 Å². The third kappa shape index (κ3) is 3.99. The molecule has 0 atom stereocenters. The molecule has 0 unspecified atom stereocenters. The van der Waals surface area contributed by atoms with Gasteiger partial charge in [-0.3, -0.25) is 4.79 Å². The van der Waals surface area contributed by atoms with E-state index in [1.165, 1.54) is 14.2 Å². The molecular formula is C22H24ClNO4. The van der Waals surface area contributed by atoms with Crippen LogP contribution in [0.25, 0.3) is 0 Å². The molecule has 1 aliphatic rings. The van der Waals surface area contributed by atoms with Crippen molar-refractivity contribution in [3.05, 3.63) is 64.2 Å². The normalized spacial score (nSPS) is 15.1. The Kier molecular flexibility index (Phi) is 6.25. The van der Waals surface area contributed by atoms with Crippen molar-refractivity contribution in [1.29, 1.82) is 0 Å². The summed E-state index contributed by atoms with van der Waals surface area (Å²) < 4.78 is 10.0. The molecule has 6 heteroatoms. The molecule has 2 aromatic rings. The zero-order valence-electron chi connectivity index (χ0n) is 16.1. The van der Waals surface area contributed by atoms with Crippen LogP contribution in [0, 0.1) is 0 Å². The number of benzene rings is 2. The maximum atomic E-state index is 13.2. The van der Waals surface area contributed by atoms with Gasteiger partial charge in [-0.15, -0.1) is 0 Å². The lowest BCUT2D eigenvalue weighted by atomic mass is 9.78. The molecular weight excluding hydrogens is 378 g/mol. The molecule has 1 fully saturated rings. The monoisotopic (exact) mass is 401 g/mol. The van der Waals surface area contributed by atoms with Crippen LogP contribution >= 0.6 is 11.6 Å². The summed E-state index contributed by atoms with van der Waals surface area (Å²) in [6.07, 6.45) is 3.67. The Balaban J connectivity index is 1.78. The van der Waals surface area contributed by atoms with E-state index in [0.717, 1.165) is 36.8 Å². The second-order valence-electron chi connectivity index (χ2n) is 7.01. The molecule has 0 saturated heterocycles. The van der Waals surface area contributed by atoms with E-state index in [9.17, 15) is 9.59 Å². The smallest absolute Gasteiger partial charge is 0.341 e. The number of ether oxygens (including phenoxy) is 2. The highest BCUT2D eigenvalue weighted by Crippen LogP contribution is 2.41. The number of rotatable bonds is 6. The summed E-state index contributed by atoms with van der Waals surface area (Å²) in [7, 11) is 2.82. The molecule has 1 aliphatic carbocycles. The van der Waals surface area contributed by atoms with Gasteiger partial charge >= 0.3 is 5.97 Å². The average molecular weight is 402 g/mol. The zero-order chi connectivity index (χ0) is 20.1. The quantitative estimate of drug-likeness (QED) is 0.734. The highest BCUT2D eigenvalue weighted by Gasteiger charge is 2.42. The fourth-order valence-electron chi connectivity index (χ4n) is 3.88. The third-order valence-corrected chi connectivity index (χ3v) is 5.66. The van der Waals surface area contributed by atoms with Gasteiger partial charge < -0.3 is 14.8 Å². The number of esters is 1. The van der Waals surface area contributed by atoms with E-state index in [0.29, 0.717) is 22.9 Å². The summed E-state index contributed by atoms with van der Waals surface area (Å²) in [5.41, 5.74) is 1.61. The van der Waals surface area contributed by atoms with E-state index in [4.69, 9.17) is 21.1 Å². The molecule has 0 aliphatic heterocycles. The van der Waals surface area contributed by atoms with Crippen LogP contribution in [0.5, 0.6) is 5.75 Å². The fourth-order valence-corrected chi connectivity index (χ4v) is 4.01. The van der Waals surface area contributed by atoms with Gasteiger partial charge in [-0.05, 0) is 48.2 Å². The lowest BCUT2D eigenvalue weighted by molar-refractivity contribution is -0.126. The van der Waals surface area contributed by atoms with Gasteiger partial charge in [0.2, 0.25) is 5.91 Å². The molecule has 1 N–H and O–H groups in total. The molecule has 3 rings (SSSR count). The number of carbonyl (C=O) groups excluding carboxylic acids is 2. The second kappa shape index (κ2) is 8.65. The summed E-state index contributed by atoms with van der Waals surface area (Å²) in [6, 6.07) is 12.8. The Morgan fingerprint density at radius 1 is 1.07 bits per heavy atom. The van der Waals surface area contributed by atoms with Crippen molar-refractivity contribution in [2.45, 2.75) is 37.6 Å². The minimum Gasteiger partial charge on any atom is -0.496 e. The highest BCUT2D eigenvalue weighted by molar-refractivity contribution is 6.30. The van der Waals surface area contributed by atoms with Gasteiger partial charge in [0, 0.05) is 11.6 Å². The number of halogens is 1. The number of methoxy groups -OCH3 is 2. The Labute approximate surface area is 170 Å². The molecule has 2 aromatic carbocycles. The summed E-state index contributed by atoms with van der Waals surface area (Å²) in [5, 5.41) is 3.71. The van der Waals surface area contributed by atoms with Crippen LogP contribution in [0.3, 0.4) is 0 Å². The van der Waals surface area contributed by atoms with Gasteiger partial charge in [-0.2, -0.15) is 0 Å². The predicted octanol–water partition coefficient (Wildman–Crippen LogP) is 4.26. The number of hydrogen-bond donors (Lipinski definition) is 1. The zero-order valence-corrected chi connectivity index (χ0v) is 16.8. The molecule has 0 heterocycles. The van der Waals surface area contributed by atoms with E-state index in [-0.39, 0.29) is 5.91 Å². The minimum atomic E-state index is -0.526.